The summed E-state index contributed by atoms with van der Waals surface area (Å²) in [6.45, 7) is 1.88. The van der Waals surface area contributed by atoms with Crippen molar-refractivity contribution in [1.29, 1.82) is 0 Å². The Hall–Kier alpha value is -0.380. The molecule has 2 aliphatic rings. The molecule has 1 atom stereocenters. The van der Waals surface area contributed by atoms with Crippen LogP contribution < -0.4 is 5.32 Å². The van der Waals surface area contributed by atoms with E-state index in [1.54, 1.807) is 11.3 Å². The number of nitrogens with one attached hydrogen (secondary N) is 1. The Bertz CT molecular complexity index is 306. The van der Waals surface area contributed by atoms with Crippen molar-refractivity contribution in [1.82, 2.24) is 5.32 Å². The van der Waals surface area contributed by atoms with Crippen LogP contribution in [0.5, 0.6) is 0 Å². The third-order valence-electron chi connectivity index (χ3n) is 3.64. The lowest BCUT2D eigenvalue weighted by Gasteiger charge is -2.38. The van der Waals surface area contributed by atoms with Gasteiger partial charge in [0.1, 0.15) is 6.10 Å². The minimum absolute atomic E-state index is 0.288. The second-order valence-electron chi connectivity index (χ2n) is 4.68. The van der Waals surface area contributed by atoms with Crippen molar-refractivity contribution in [3.63, 3.8) is 0 Å². The topological polar surface area (TPSA) is 21.3 Å². The van der Waals surface area contributed by atoms with E-state index >= 15 is 0 Å². The maximum absolute atomic E-state index is 6.01. The summed E-state index contributed by atoms with van der Waals surface area (Å²) in [5.41, 5.74) is 0.327. The first-order chi connectivity index (χ1) is 7.38. The molecule has 1 aliphatic carbocycles. The Morgan fingerprint density at radius 3 is 2.87 bits per heavy atom. The maximum atomic E-state index is 6.01. The van der Waals surface area contributed by atoms with Crippen LogP contribution in [0.3, 0.4) is 0 Å². The van der Waals surface area contributed by atoms with Gasteiger partial charge in [-0.3, -0.25) is 0 Å². The third kappa shape index (κ3) is 1.84. The number of rotatable bonds is 1. The molecule has 0 radical (unpaired) electrons. The van der Waals surface area contributed by atoms with Gasteiger partial charge in [0.25, 0.3) is 0 Å². The highest BCUT2D eigenvalue weighted by Gasteiger charge is 2.38. The summed E-state index contributed by atoms with van der Waals surface area (Å²) in [5, 5.41) is 5.84. The summed E-state index contributed by atoms with van der Waals surface area (Å²) in [6.07, 6.45) is 5.60. The van der Waals surface area contributed by atoms with Gasteiger partial charge in [-0.2, -0.15) is 0 Å². The van der Waals surface area contributed by atoms with E-state index in [0.717, 1.165) is 13.2 Å². The molecule has 15 heavy (non-hydrogen) atoms. The lowest BCUT2D eigenvalue weighted by atomic mass is 9.96. The zero-order chi connectivity index (χ0) is 10.1. The fourth-order valence-corrected chi connectivity index (χ4v) is 3.48. The first-order valence-corrected chi connectivity index (χ1v) is 6.66. The van der Waals surface area contributed by atoms with Gasteiger partial charge in [0.15, 0.2) is 0 Å². The van der Waals surface area contributed by atoms with Gasteiger partial charge in [-0.15, -0.1) is 11.3 Å². The van der Waals surface area contributed by atoms with Crippen LogP contribution in [0.25, 0.3) is 0 Å². The van der Waals surface area contributed by atoms with E-state index < -0.39 is 0 Å². The highest BCUT2D eigenvalue weighted by molar-refractivity contribution is 7.10. The Balaban J connectivity index is 1.65. The molecule has 82 valence electrons. The van der Waals surface area contributed by atoms with Gasteiger partial charge in [-0.25, -0.2) is 0 Å². The van der Waals surface area contributed by atoms with Crippen LogP contribution in [0, 0.1) is 0 Å². The predicted octanol–water partition coefficient (Wildman–Crippen LogP) is 2.72. The standard InChI is InChI=1S/C12H17NOS/c1-2-6-12(5-1)9-14-10(8-13-12)11-4-3-7-15-11/h3-4,7,10,13H,1-2,5-6,8-9H2. The fraction of sp³-hybridized carbons (Fsp3) is 0.667. The van der Waals surface area contributed by atoms with Gasteiger partial charge in [0, 0.05) is 17.0 Å². The average Bonchev–Trinajstić information content (AvgIpc) is 2.91. The van der Waals surface area contributed by atoms with Gasteiger partial charge in [0.2, 0.25) is 0 Å². The quantitative estimate of drug-likeness (QED) is 0.790. The monoisotopic (exact) mass is 223 g/mol. The fourth-order valence-electron chi connectivity index (χ4n) is 2.71. The summed E-state index contributed by atoms with van der Waals surface area (Å²) in [4.78, 5) is 1.36. The van der Waals surface area contributed by atoms with E-state index in [1.165, 1.54) is 30.6 Å². The molecule has 3 heteroatoms. The highest BCUT2D eigenvalue weighted by atomic mass is 32.1. The number of thiophene rings is 1. The number of hydrogen-bond donors (Lipinski definition) is 1. The molecule has 0 amide bonds. The van der Waals surface area contributed by atoms with Crippen LogP contribution in [0.1, 0.15) is 36.7 Å². The highest BCUT2D eigenvalue weighted by Crippen LogP contribution is 2.35. The Kier molecular flexibility index (Phi) is 2.54. The molecular weight excluding hydrogens is 206 g/mol. The Labute approximate surface area is 94.6 Å². The van der Waals surface area contributed by atoms with E-state index in [9.17, 15) is 0 Å². The van der Waals surface area contributed by atoms with Crippen LogP contribution >= 0.6 is 11.3 Å². The summed E-state index contributed by atoms with van der Waals surface area (Å²) in [5.74, 6) is 0. The molecule has 2 fully saturated rings. The van der Waals surface area contributed by atoms with Crippen molar-refractivity contribution in [2.24, 2.45) is 0 Å². The third-order valence-corrected chi connectivity index (χ3v) is 4.61. The van der Waals surface area contributed by atoms with Gasteiger partial charge in [-0.05, 0) is 24.3 Å². The number of morpholine rings is 1. The molecule has 1 aliphatic heterocycles. The molecule has 1 saturated carbocycles. The second-order valence-corrected chi connectivity index (χ2v) is 5.66. The van der Waals surface area contributed by atoms with Crippen molar-refractivity contribution in [3.05, 3.63) is 22.4 Å². The molecule has 2 nitrogen and oxygen atoms in total. The zero-order valence-corrected chi connectivity index (χ0v) is 9.69. The first-order valence-electron chi connectivity index (χ1n) is 5.78. The second kappa shape index (κ2) is 3.89. The molecule has 1 spiro atoms. The number of hydrogen-bond acceptors (Lipinski definition) is 3. The summed E-state index contributed by atoms with van der Waals surface area (Å²) in [6, 6.07) is 4.27. The summed E-state index contributed by atoms with van der Waals surface area (Å²) >= 11 is 1.80. The van der Waals surface area contributed by atoms with Gasteiger partial charge in [-0.1, -0.05) is 18.9 Å². The molecule has 2 heterocycles. The number of ether oxygens (including phenoxy) is 1. The Morgan fingerprint density at radius 2 is 2.27 bits per heavy atom. The predicted molar refractivity (Wildman–Crippen MR) is 62.2 cm³/mol. The normalized spacial score (nSPS) is 29.7. The van der Waals surface area contributed by atoms with E-state index in [2.05, 4.69) is 22.8 Å². The van der Waals surface area contributed by atoms with Gasteiger partial charge < -0.3 is 10.1 Å². The minimum atomic E-state index is 0.288. The van der Waals surface area contributed by atoms with Crippen LogP contribution in [0.2, 0.25) is 0 Å². The summed E-state index contributed by atoms with van der Waals surface area (Å²) < 4.78 is 6.01. The molecular formula is C12H17NOS. The Morgan fingerprint density at radius 1 is 1.40 bits per heavy atom. The molecule has 0 aromatic carbocycles. The van der Waals surface area contributed by atoms with Crippen LogP contribution in [-0.4, -0.2) is 18.7 Å². The minimum Gasteiger partial charge on any atom is -0.369 e. The van der Waals surface area contributed by atoms with E-state index in [-0.39, 0.29) is 6.10 Å². The molecule has 1 saturated heterocycles. The smallest absolute Gasteiger partial charge is 0.104 e. The molecule has 1 N–H and O–H groups in total. The average molecular weight is 223 g/mol. The SMILES string of the molecule is c1csc(C2CNC3(CCCC3)CO2)c1. The van der Waals surface area contributed by atoms with Crippen LogP contribution in [0.4, 0.5) is 0 Å². The van der Waals surface area contributed by atoms with E-state index in [0.29, 0.717) is 5.54 Å². The van der Waals surface area contributed by atoms with Crippen molar-refractivity contribution in [2.75, 3.05) is 13.2 Å². The molecule has 1 aromatic rings. The largest absolute Gasteiger partial charge is 0.369 e. The van der Waals surface area contributed by atoms with Crippen molar-refractivity contribution >= 4 is 11.3 Å². The zero-order valence-electron chi connectivity index (χ0n) is 8.87. The summed E-state index contributed by atoms with van der Waals surface area (Å²) in [7, 11) is 0. The lowest BCUT2D eigenvalue weighted by molar-refractivity contribution is -0.0309. The first kappa shape index (κ1) is 9.82. The molecule has 1 unspecified atom stereocenters. The van der Waals surface area contributed by atoms with E-state index in [1.807, 2.05) is 0 Å². The maximum Gasteiger partial charge on any atom is 0.104 e. The molecule has 1 aromatic heterocycles. The van der Waals surface area contributed by atoms with Crippen LogP contribution in [-0.2, 0) is 4.74 Å². The van der Waals surface area contributed by atoms with E-state index in [4.69, 9.17) is 4.74 Å². The van der Waals surface area contributed by atoms with Crippen molar-refractivity contribution in [2.45, 2.75) is 37.3 Å². The van der Waals surface area contributed by atoms with Crippen LogP contribution in [0.15, 0.2) is 17.5 Å². The van der Waals surface area contributed by atoms with Crippen molar-refractivity contribution in [3.8, 4) is 0 Å². The molecule has 0 bridgehead atoms. The van der Waals surface area contributed by atoms with Gasteiger partial charge >= 0.3 is 0 Å². The van der Waals surface area contributed by atoms with Crippen molar-refractivity contribution < 1.29 is 4.74 Å². The lowest BCUT2D eigenvalue weighted by Crippen LogP contribution is -2.52. The molecule has 3 rings (SSSR count). The van der Waals surface area contributed by atoms with Gasteiger partial charge in [0.05, 0.1) is 6.61 Å².